The van der Waals surface area contributed by atoms with Gasteiger partial charge in [0, 0.05) is 18.5 Å². The molecule has 0 aromatic rings. The van der Waals surface area contributed by atoms with Gasteiger partial charge in [-0.3, -0.25) is 4.79 Å². The van der Waals surface area contributed by atoms with Crippen molar-refractivity contribution in [2.75, 3.05) is 20.1 Å². The number of rotatable bonds is 4. The van der Waals surface area contributed by atoms with Crippen molar-refractivity contribution in [2.24, 2.45) is 11.3 Å². The molecule has 1 fully saturated rings. The molecule has 0 spiro atoms. The lowest BCUT2D eigenvalue weighted by molar-refractivity contribution is -0.144. The zero-order valence-corrected chi connectivity index (χ0v) is 12.0. The van der Waals surface area contributed by atoms with Crippen molar-refractivity contribution in [3.63, 3.8) is 0 Å². The Balaban J connectivity index is 2.71. The highest BCUT2D eigenvalue weighted by Gasteiger charge is 2.39. The Morgan fingerprint density at radius 2 is 2.28 bits per heavy atom. The van der Waals surface area contributed by atoms with Crippen LogP contribution in [0.15, 0.2) is 0 Å². The van der Waals surface area contributed by atoms with Crippen LogP contribution >= 0.6 is 0 Å². The van der Waals surface area contributed by atoms with E-state index in [2.05, 4.69) is 11.4 Å². The lowest BCUT2D eigenvalue weighted by Gasteiger charge is -2.39. The summed E-state index contributed by atoms with van der Waals surface area (Å²) in [6.07, 6.45) is 2.63. The van der Waals surface area contributed by atoms with Gasteiger partial charge in [0.05, 0.1) is 12.5 Å². The molecular weight excluding hydrogens is 226 g/mol. The van der Waals surface area contributed by atoms with Crippen LogP contribution in [0.1, 0.15) is 40.0 Å². The van der Waals surface area contributed by atoms with E-state index in [0.29, 0.717) is 12.3 Å². The van der Waals surface area contributed by atoms with Crippen LogP contribution in [0.2, 0.25) is 0 Å². The van der Waals surface area contributed by atoms with Crippen molar-refractivity contribution in [2.45, 2.75) is 46.1 Å². The minimum Gasteiger partial charge on any atom is -0.342 e. The van der Waals surface area contributed by atoms with Crippen LogP contribution < -0.4 is 5.32 Å². The molecule has 1 aliphatic heterocycles. The minimum atomic E-state index is -0.355. The molecule has 0 bridgehead atoms. The molecule has 1 rings (SSSR count). The number of nitriles is 1. The summed E-state index contributed by atoms with van der Waals surface area (Å²) >= 11 is 0. The molecule has 1 aliphatic rings. The molecular formula is C14H25N3O. The summed E-state index contributed by atoms with van der Waals surface area (Å²) in [5, 5.41) is 12.1. The SMILES string of the molecule is CC(CC#N)N(C)C(=O)C(C)(C)C1CCCNC1. The molecule has 18 heavy (non-hydrogen) atoms. The number of nitrogens with zero attached hydrogens (tertiary/aromatic N) is 2. The predicted octanol–water partition coefficient (Wildman–Crippen LogP) is 1.77. The van der Waals surface area contributed by atoms with Crippen molar-refractivity contribution in [1.82, 2.24) is 10.2 Å². The fourth-order valence-electron chi connectivity index (χ4n) is 2.57. The fraction of sp³-hybridized carbons (Fsp3) is 0.857. The first-order chi connectivity index (χ1) is 8.41. The van der Waals surface area contributed by atoms with E-state index in [1.165, 1.54) is 0 Å². The number of carbonyl (C=O) groups excluding carboxylic acids is 1. The third-order valence-electron chi connectivity index (χ3n) is 4.24. The number of nitrogens with one attached hydrogen (secondary N) is 1. The van der Waals surface area contributed by atoms with Crippen LogP contribution in [-0.2, 0) is 4.79 Å². The second kappa shape index (κ2) is 6.19. The Hall–Kier alpha value is -1.08. The third-order valence-corrected chi connectivity index (χ3v) is 4.24. The van der Waals surface area contributed by atoms with Crippen LogP contribution in [-0.4, -0.2) is 37.0 Å². The molecule has 1 heterocycles. The van der Waals surface area contributed by atoms with Gasteiger partial charge in [-0.1, -0.05) is 13.8 Å². The molecule has 0 aromatic heterocycles. The first-order valence-electron chi connectivity index (χ1n) is 6.76. The van der Waals surface area contributed by atoms with Crippen LogP contribution in [0.25, 0.3) is 0 Å². The monoisotopic (exact) mass is 251 g/mol. The second-order valence-electron chi connectivity index (χ2n) is 5.89. The highest BCUT2D eigenvalue weighted by atomic mass is 16.2. The van der Waals surface area contributed by atoms with Gasteiger partial charge in [-0.25, -0.2) is 0 Å². The summed E-state index contributed by atoms with van der Waals surface area (Å²) in [7, 11) is 1.81. The standard InChI is InChI=1S/C14H25N3O/c1-11(7-8-15)17(4)13(18)14(2,3)12-6-5-9-16-10-12/h11-12,16H,5-7,9-10H2,1-4H3. The van der Waals surface area contributed by atoms with Crippen molar-refractivity contribution in [1.29, 1.82) is 5.26 Å². The molecule has 1 N–H and O–H groups in total. The maximum Gasteiger partial charge on any atom is 0.228 e. The van der Waals surface area contributed by atoms with E-state index in [0.717, 1.165) is 25.9 Å². The Morgan fingerprint density at radius 1 is 1.61 bits per heavy atom. The Bertz CT molecular complexity index is 326. The summed E-state index contributed by atoms with van der Waals surface area (Å²) in [5.41, 5.74) is -0.355. The normalized spacial score (nSPS) is 22.1. The highest BCUT2D eigenvalue weighted by Crippen LogP contribution is 2.34. The molecule has 1 amide bonds. The molecule has 2 unspecified atom stereocenters. The van der Waals surface area contributed by atoms with Crippen molar-refractivity contribution in [3.8, 4) is 6.07 Å². The second-order valence-corrected chi connectivity index (χ2v) is 5.89. The number of piperidine rings is 1. The lowest BCUT2D eigenvalue weighted by atomic mass is 9.74. The van der Waals surface area contributed by atoms with Gasteiger partial charge in [0.15, 0.2) is 0 Å². The maximum atomic E-state index is 12.6. The number of amides is 1. The van der Waals surface area contributed by atoms with Gasteiger partial charge in [-0.15, -0.1) is 0 Å². The quantitative estimate of drug-likeness (QED) is 0.828. The zero-order chi connectivity index (χ0) is 13.8. The van der Waals surface area contributed by atoms with Gasteiger partial charge in [0.1, 0.15) is 0 Å². The van der Waals surface area contributed by atoms with Crippen LogP contribution in [0.4, 0.5) is 0 Å². The maximum absolute atomic E-state index is 12.6. The van der Waals surface area contributed by atoms with Gasteiger partial charge < -0.3 is 10.2 Å². The van der Waals surface area contributed by atoms with E-state index in [-0.39, 0.29) is 17.4 Å². The number of carbonyl (C=O) groups is 1. The Morgan fingerprint density at radius 3 is 2.78 bits per heavy atom. The van der Waals surface area contributed by atoms with Gasteiger partial charge in [-0.05, 0) is 38.8 Å². The first kappa shape index (κ1) is 15.0. The molecule has 102 valence electrons. The summed E-state index contributed by atoms with van der Waals surface area (Å²) in [6.45, 7) is 7.96. The minimum absolute atomic E-state index is 0.0154. The smallest absolute Gasteiger partial charge is 0.228 e. The zero-order valence-electron chi connectivity index (χ0n) is 12.0. The van der Waals surface area contributed by atoms with E-state index in [1.807, 2.05) is 27.8 Å². The van der Waals surface area contributed by atoms with E-state index in [4.69, 9.17) is 5.26 Å². The van der Waals surface area contributed by atoms with Gasteiger partial charge in [0.25, 0.3) is 0 Å². The number of hydrogen-bond acceptors (Lipinski definition) is 3. The van der Waals surface area contributed by atoms with Gasteiger partial charge in [-0.2, -0.15) is 5.26 Å². The first-order valence-corrected chi connectivity index (χ1v) is 6.76. The van der Waals surface area contributed by atoms with E-state index >= 15 is 0 Å². The van der Waals surface area contributed by atoms with Crippen LogP contribution in [0.5, 0.6) is 0 Å². The average molecular weight is 251 g/mol. The van der Waals surface area contributed by atoms with Crippen molar-refractivity contribution in [3.05, 3.63) is 0 Å². The third kappa shape index (κ3) is 3.23. The van der Waals surface area contributed by atoms with Crippen LogP contribution in [0.3, 0.4) is 0 Å². The van der Waals surface area contributed by atoms with E-state index in [1.54, 1.807) is 4.90 Å². The van der Waals surface area contributed by atoms with Crippen LogP contribution in [0, 0.1) is 22.7 Å². The number of hydrogen-bond donors (Lipinski definition) is 1. The predicted molar refractivity (Wildman–Crippen MR) is 71.8 cm³/mol. The topological polar surface area (TPSA) is 56.1 Å². The summed E-state index contributed by atoms with van der Waals surface area (Å²) < 4.78 is 0. The molecule has 4 nitrogen and oxygen atoms in total. The van der Waals surface area contributed by atoms with Crippen molar-refractivity contribution < 1.29 is 4.79 Å². The summed E-state index contributed by atoms with van der Waals surface area (Å²) in [4.78, 5) is 14.3. The molecule has 0 saturated carbocycles. The van der Waals surface area contributed by atoms with E-state index in [9.17, 15) is 4.79 Å². The summed E-state index contributed by atoms with van der Waals surface area (Å²) in [6, 6.07) is 2.11. The lowest BCUT2D eigenvalue weighted by Crippen LogP contribution is -2.49. The molecule has 0 radical (unpaired) electrons. The molecule has 0 aromatic carbocycles. The van der Waals surface area contributed by atoms with Crippen molar-refractivity contribution >= 4 is 5.91 Å². The molecule has 1 saturated heterocycles. The van der Waals surface area contributed by atoms with Gasteiger partial charge in [0.2, 0.25) is 5.91 Å². The average Bonchev–Trinajstić information content (AvgIpc) is 2.38. The van der Waals surface area contributed by atoms with E-state index < -0.39 is 0 Å². The molecule has 2 atom stereocenters. The largest absolute Gasteiger partial charge is 0.342 e. The van der Waals surface area contributed by atoms with Gasteiger partial charge >= 0.3 is 0 Å². The fourth-order valence-corrected chi connectivity index (χ4v) is 2.57. The Labute approximate surface area is 110 Å². The molecule has 4 heteroatoms. The molecule has 0 aliphatic carbocycles. The summed E-state index contributed by atoms with van der Waals surface area (Å²) in [5.74, 6) is 0.537. The Kier molecular flexibility index (Phi) is 5.15. The highest BCUT2D eigenvalue weighted by molar-refractivity contribution is 5.82.